The van der Waals surface area contributed by atoms with E-state index in [-0.39, 0.29) is 11.9 Å². The molecule has 2 aromatic carbocycles. The fraction of sp³-hybridized carbons (Fsp3) is 0.250. The molecule has 132 valence electrons. The molecule has 0 aromatic heterocycles. The number of carbonyl (C=O) groups is 2. The predicted octanol–water partition coefficient (Wildman–Crippen LogP) is 2.31. The standard InChI is InChI=1S/C20H19N3O3/c1-26-20(25)15-6-8-17(9-7-15)22-10-12-23(13-11-22)19(24)18-5-3-2-4-16(18)14-21/h2-9H,10-13H2,1H3. The van der Waals surface area contributed by atoms with Crippen LogP contribution >= 0.6 is 0 Å². The lowest BCUT2D eigenvalue weighted by atomic mass is 10.1. The molecule has 1 heterocycles. The summed E-state index contributed by atoms with van der Waals surface area (Å²) in [5, 5.41) is 9.17. The zero-order valence-corrected chi connectivity index (χ0v) is 14.5. The van der Waals surface area contributed by atoms with Crippen LogP contribution in [-0.4, -0.2) is 50.1 Å². The van der Waals surface area contributed by atoms with E-state index in [0.29, 0.717) is 42.9 Å². The zero-order chi connectivity index (χ0) is 18.5. The van der Waals surface area contributed by atoms with Gasteiger partial charge in [-0.25, -0.2) is 4.79 Å². The molecule has 1 aliphatic rings. The van der Waals surface area contributed by atoms with Crippen LogP contribution in [0.4, 0.5) is 5.69 Å². The quantitative estimate of drug-likeness (QED) is 0.795. The molecule has 1 amide bonds. The lowest BCUT2D eigenvalue weighted by Crippen LogP contribution is -2.49. The molecule has 26 heavy (non-hydrogen) atoms. The average Bonchev–Trinajstić information content (AvgIpc) is 2.73. The second-order valence-electron chi connectivity index (χ2n) is 5.98. The summed E-state index contributed by atoms with van der Waals surface area (Å²) in [6.07, 6.45) is 0. The summed E-state index contributed by atoms with van der Waals surface area (Å²) in [5.74, 6) is -0.467. The smallest absolute Gasteiger partial charge is 0.337 e. The highest BCUT2D eigenvalue weighted by atomic mass is 16.5. The highest BCUT2D eigenvalue weighted by Gasteiger charge is 2.24. The molecule has 0 bridgehead atoms. The van der Waals surface area contributed by atoms with E-state index < -0.39 is 0 Å². The average molecular weight is 349 g/mol. The Morgan fingerprint density at radius 3 is 2.27 bits per heavy atom. The molecule has 1 aliphatic heterocycles. The first-order valence-electron chi connectivity index (χ1n) is 8.36. The maximum atomic E-state index is 12.7. The molecule has 2 aromatic rings. The fourth-order valence-electron chi connectivity index (χ4n) is 3.03. The van der Waals surface area contributed by atoms with Crippen molar-refractivity contribution >= 4 is 17.6 Å². The number of ether oxygens (including phenoxy) is 1. The Labute approximate surface area is 152 Å². The number of hydrogen-bond donors (Lipinski definition) is 0. The Morgan fingerprint density at radius 2 is 1.65 bits per heavy atom. The maximum Gasteiger partial charge on any atom is 0.337 e. The van der Waals surface area contributed by atoms with Crippen LogP contribution in [0.25, 0.3) is 0 Å². The van der Waals surface area contributed by atoms with Gasteiger partial charge in [-0.1, -0.05) is 12.1 Å². The topological polar surface area (TPSA) is 73.6 Å². The van der Waals surface area contributed by atoms with Crippen LogP contribution in [-0.2, 0) is 4.74 Å². The Bertz CT molecular complexity index is 847. The van der Waals surface area contributed by atoms with Crippen molar-refractivity contribution in [3.63, 3.8) is 0 Å². The van der Waals surface area contributed by atoms with Crippen LogP contribution in [0.5, 0.6) is 0 Å². The van der Waals surface area contributed by atoms with Gasteiger partial charge in [-0.05, 0) is 36.4 Å². The van der Waals surface area contributed by atoms with Gasteiger partial charge in [0.25, 0.3) is 5.91 Å². The van der Waals surface area contributed by atoms with Crippen LogP contribution in [0, 0.1) is 11.3 Å². The number of esters is 1. The number of amides is 1. The third-order valence-electron chi connectivity index (χ3n) is 4.50. The summed E-state index contributed by atoms with van der Waals surface area (Å²) in [6, 6.07) is 16.2. The van der Waals surface area contributed by atoms with E-state index in [1.807, 2.05) is 12.1 Å². The van der Waals surface area contributed by atoms with Crippen LogP contribution in [0.1, 0.15) is 26.3 Å². The highest BCUT2D eigenvalue weighted by molar-refractivity contribution is 5.96. The SMILES string of the molecule is COC(=O)c1ccc(N2CCN(C(=O)c3ccccc3C#N)CC2)cc1. The first-order chi connectivity index (χ1) is 12.6. The van der Waals surface area contributed by atoms with Crippen molar-refractivity contribution in [1.82, 2.24) is 4.90 Å². The predicted molar refractivity (Wildman–Crippen MR) is 97.1 cm³/mol. The Kier molecular flexibility index (Phi) is 5.18. The molecule has 0 unspecified atom stereocenters. The van der Waals surface area contributed by atoms with Crippen molar-refractivity contribution in [2.45, 2.75) is 0 Å². The van der Waals surface area contributed by atoms with Crippen LogP contribution in [0.3, 0.4) is 0 Å². The molecular formula is C20H19N3O3. The van der Waals surface area contributed by atoms with Crippen LogP contribution < -0.4 is 4.90 Å². The number of methoxy groups -OCH3 is 1. The summed E-state index contributed by atoms with van der Waals surface area (Å²) in [6.45, 7) is 2.55. The number of anilines is 1. The molecule has 0 saturated carbocycles. The van der Waals surface area contributed by atoms with Gasteiger partial charge in [0.1, 0.15) is 0 Å². The lowest BCUT2D eigenvalue weighted by molar-refractivity contribution is 0.0600. The molecular weight excluding hydrogens is 330 g/mol. The number of nitrogens with zero attached hydrogens (tertiary/aromatic N) is 3. The van der Waals surface area contributed by atoms with Crippen molar-refractivity contribution < 1.29 is 14.3 Å². The Morgan fingerprint density at radius 1 is 1.00 bits per heavy atom. The zero-order valence-electron chi connectivity index (χ0n) is 14.5. The second-order valence-corrected chi connectivity index (χ2v) is 5.98. The van der Waals surface area contributed by atoms with Gasteiger partial charge in [0.05, 0.1) is 29.9 Å². The van der Waals surface area contributed by atoms with E-state index >= 15 is 0 Å². The van der Waals surface area contributed by atoms with E-state index in [4.69, 9.17) is 4.74 Å². The van der Waals surface area contributed by atoms with Gasteiger partial charge in [-0.2, -0.15) is 5.26 Å². The van der Waals surface area contributed by atoms with Crippen molar-refractivity contribution in [3.8, 4) is 6.07 Å². The third kappa shape index (κ3) is 3.52. The summed E-state index contributed by atoms with van der Waals surface area (Å²) in [7, 11) is 1.36. The van der Waals surface area contributed by atoms with Crippen molar-refractivity contribution in [2.24, 2.45) is 0 Å². The first-order valence-corrected chi connectivity index (χ1v) is 8.36. The molecule has 1 saturated heterocycles. The molecule has 6 nitrogen and oxygen atoms in total. The minimum absolute atomic E-state index is 0.108. The van der Waals surface area contributed by atoms with Gasteiger partial charge in [0.2, 0.25) is 0 Å². The summed E-state index contributed by atoms with van der Waals surface area (Å²) in [4.78, 5) is 28.1. The largest absolute Gasteiger partial charge is 0.465 e. The van der Waals surface area contributed by atoms with Gasteiger partial charge >= 0.3 is 5.97 Å². The van der Waals surface area contributed by atoms with E-state index in [0.717, 1.165) is 5.69 Å². The van der Waals surface area contributed by atoms with Crippen molar-refractivity contribution in [3.05, 3.63) is 65.2 Å². The monoisotopic (exact) mass is 349 g/mol. The molecule has 0 spiro atoms. The van der Waals surface area contributed by atoms with E-state index in [1.165, 1.54) is 7.11 Å². The van der Waals surface area contributed by atoms with Crippen LogP contribution in [0.15, 0.2) is 48.5 Å². The molecule has 0 N–H and O–H groups in total. The minimum Gasteiger partial charge on any atom is -0.465 e. The third-order valence-corrected chi connectivity index (χ3v) is 4.50. The van der Waals surface area contributed by atoms with Crippen molar-refractivity contribution in [1.29, 1.82) is 5.26 Å². The van der Waals surface area contributed by atoms with Crippen molar-refractivity contribution in [2.75, 3.05) is 38.2 Å². The number of benzene rings is 2. The fourth-order valence-corrected chi connectivity index (χ4v) is 3.03. The molecule has 3 rings (SSSR count). The number of rotatable bonds is 3. The summed E-state index contributed by atoms with van der Waals surface area (Å²) in [5.41, 5.74) is 2.37. The van der Waals surface area contributed by atoms with Gasteiger partial charge in [-0.15, -0.1) is 0 Å². The molecule has 1 fully saturated rings. The van der Waals surface area contributed by atoms with E-state index in [2.05, 4.69) is 11.0 Å². The van der Waals surface area contributed by atoms with Gasteiger partial charge in [-0.3, -0.25) is 4.79 Å². The van der Waals surface area contributed by atoms with Gasteiger partial charge in [0, 0.05) is 31.9 Å². The number of piperazine rings is 1. The normalized spacial score (nSPS) is 13.8. The Hall–Kier alpha value is -3.33. The first kappa shape index (κ1) is 17.5. The maximum absolute atomic E-state index is 12.7. The van der Waals surface area contributed by atoms with Gasteiger partial charge in [0.15, 0.2) is 0 Å². The minimum atomic E-state index is -0.358. The molecule has 0 radical (unpaired) electrons. The molecule has 6 heteroatoms. The molecule has 0 aliphatic carbocycles. The van der Waals surface area contributed by atoms with E-state index in [9.17, 15) is 14.9 Å². The van der Waals surface area contributed by atoms with Crippen LogP contribution in [0.2, 0.25) is 0 Å². The highest BCUT2D eigenvalue weighted by Crippen LogP contribution is 2.19. The molecule has 0 atom stereocenters. The Balaban J connectivity index is 1.65. The second kappa shape index (κ2) is 7.70. The number of carbonyl (C=O) groups excluding carboxylic acids is 2. The van der Waals surface area contributed by atoms with Gasteiger partial charge < -0.3 is 14.5 Å². The summed E-state index contributed by atoms with van der Waals surface area (Å²) < 4.78 is 4.70. The van der Waals surface area contributed by atoms with E-state index in [1.54, 1.807) is 41.3 Å². The number of nitriles is 1. The summed E-state index contributed by atoms with van der Waals surface area (Å²) >= 11 is 0. The number of hydrogen-bond acceptors (Lipinski definition) is 5. The lowest BCUT2D eigenvalue weighted by Gasteiger charge is -2.36.